The maximum atomic E-state index is 6.19. The van der Waals surface area contributed by atoms with E-state index < -0.39 is 0 Å². The maximum Gasteiger partial charge on any atom is 0.214 e. The van der Waals surface area contributed by atoms with Crippen molar-refractivity contribution in [2.75, 3.05) is 52.6 Å². The molecule has 0 aromatic heterocycles. The molecular formula is C26H32N8O2. The van der Waals surface area contributed by atoms with Crippen LogP contribution in [0, 0.1) is 0 Å². The van der Waals surface area contributed by atoms with E-state index in [1.54, 1.807) is 0 Å². The van der Waals surface area contributed by atoms with Gasteiger partial charge in [0.25, 0.3) is 0 Å². The molecule has 3 aromatic carbocycles. The molecule has 3 aromatic rings. The Labute approximate surface area is 209 Å². The first-order valence-electron chi connectivity index (χ1n) is 12.1. The summed E-state index contributed by atoms with van der Waals surface area (Å²) < 4.78 is 10.8. The fraction of sp³-hybridized carbons (Fsp3) is 0.308. The van der Waals surface area contributed by atoms with Gasteiger partial charge in [-0.1, -0.05) is 48.5 Å². The SMILES string of the molecule is NC(=NNC=c1c2ccccc2c(=CNN=C(N)N2CCOCC2)c2ccccc12)N1CCOCC1. The van der Waals surface area contributed by atoms with Crippen LogP contribution in [-0.2, 0) is 9.47 Å². The third kappa shape index (κ3) is 5.14. The third-order valence-corrected chi connectivity index (χ3v) is 6.46. The van der Waals surface area contributed by atoms with Gasteiger partial charge in [0, 0.05) is 49.0 Å². The summed E-state index contributed by atoms with van der Waals surface area (Å²) in [6, 6.07) is 16.6. The van der Waals surface area contributed by atoms with E-state index in [9.17, 15) is 0 Å². The summed E-state index contributed by atoms with van der Waals surface area (Å²) in [6.45, 7) is 5.56. The maximum absolute atomic E-state index is 6.19. The third-order valence-electron chi connectivity index (χ3n) is 6.46. The molecule has 10 nitrogen and oxygen atoms in total. The summed E-state index contributed by atoms with van der Waals surface area (Å²) in [5.41, 5.74) is 18.5. The molecule has 188 valence electrons. The summed E-state index contributed by atoms with van der Waals surface area (Å²) >= 11 is 0. The summed E-state index contributed by atoms with van der Waals surface area (Å²) in [6.07, 6.45) is 3.81. The zero-order valence-electron chi connectivity index (χ0n) is 20.2. The minimum Gasteiger partial charge on any atom is -0.378 e. The molecule has 0 radical (unpaired) electrons. The van der Waals surface area contributed by atoms with E-state index >= 15 is 0 Å². The van der Waals surface area contributed by atoms with Crippen molar-refractivity contribution in [1.82, 2.24) is 20.7 Å². The first-order chi connectivity index (χ1) is 17.7. The van der Waals surface area contributed by atoms with Crippen molar-refractivity contribution in [2.45, 2.75) is 0 Å². The Morgan fingerprint density at radius 2 is 0.972 bits per heavy atom. The standard InChI is InChI=1S/C26H32N8O2/c27-25(33-9-13-35-14-10-33)31-29-17-23-19-5-1-2-6-20(19)24(22-8-4-3-7-21(22)23)18-30-32-26(28)34-11-15-36-16-12-34/h1-8,17-18,29-30H,9-16H2,(H2,27,31)(H2,28,32). The molecule has 0 atom stereocenters. The number of nitrogens with two attached hydrogens (primary N) is 2. The number of nitrogens with zero attached hydrogens (tertiary/aromatic N) is 4. The monoisotopic (exact) mass is 488 g/mol. The number of rotatable bonds is 4. The highest BCUT2D eigenvalue weighted by atomic mass is 16.5. The van der Waals surface area contributed by atoms with E-state index in [2.05, 4.69) is 45.3 Å². The molecule has 2 fully saturated rings. The smallest absolute Gasteiger partial charge is 0.214 e. The molecule has 0 spiro atoms. The number of fused-ring (bicyclic) bond motifs is 2. The molecule has 0 unspecified atom stereocenters. The van der Waals surface area contributed by atoms with E-state index in [4.69, 9.17) is 20.9 Å². The Morgan fingerprint density at radius 1 is 0.639 bits per heavy atom. The number of hydrogen-bond acceptors (Lipinski definition) is 6. The molecular weight excluding hydrogens is 456 g/mol. The Morgan fingerprint density at radius 3 is 1.31 bits per heavy atom. The fourth-order valence-corrected chi connectivity index (χ4v) is 4.56. The van der Waals surface area contributed by atoms with Crippen LogP contribution in [0.3, 0.4) is 0 Å². The topological polar surface area (TPSA) is 126 Å². The van der Waals surface area contributed by atoms with Gasteiger partial charge in [-0.25, -0.2) is 0 Å². The first-order valence-corrected chi connectivity index (χ1v) is 12.1. The molecule has 36 heavy (non-hydrogen) atoms. The molecule has 10 heteroatoms. The van der Waals surface area contributed by atoms with Gasteiger partial charge in [-0.05, 0) is 21.5 Å². The van der Waals surface area contributed by atoms with E-state index in [1.165, 1.54) is 0 Å². The van der Waals surface area contributed by atoms with Gasteiger partial charge in [0.1, 0.15) is 0 Å². The van der Waals surface area contributed by atoms with Crippen LogP contribution < -0.4 is 32.8 Å². The van der Waals surface area contributed by atoms with E-state index in [0.29, 0.717) is 38.3 Å². The second-order valence-electron chi connectivity index (χ2n) is 8.60. The summed E-state index contributed by atoms with van der Waals surface area (Å²) in [5, 5.41) is 15.2. The zero-order valence-corrected chi connectivity index (χ0v) is 20.2. The second-order valence-corrected chi connectivity index (χ2v) is 8.60. The van der Waals surface area contributed by atoms with E-state index in [-0.39, 0.29) is 0 Å². The molecule has 0 bridgehead atoms. The van der Waals surface area contributed by atoms with Crippen molar-refractivity contribution < 1.29 is 9.47 Å². The number of benzene rings is 3. The first kappa shape index (κ1) is 23.7. The molecule has 2 aliphatic rings. The quantitative estimate of drug-likeness (QED) is 0.172. The van der Waals surface area contributed by atoms with Gasteiger partial charge in [0.2, 0.25) is 11.9 Å². The van der Waals surface area contributed by atoms with Gasteiger partial charge >= 0.3 is 0 Å². The van der Waals surface area contributed by atoms with Crippen molar-refractivity contribution in [3.63, 3.8) is 0 Å². The van der Waals surface area contributed by atoms with Crippen LogP contribution in [0.1, 0.15) is 0 Å². The number of hydrogen-bond donors (Lipinski definition) is 4. The van der Waals surface area contributed by atoms with Crippen LogP contribution in [0.25, 0.3) is 33.9 Å². The molecule has 0 saturated carbocycles. The van der Waals surface area contributed by atoms with Crippen LogP contribution in [0.2, 0.25) is 0 Å². The predicted octanol–water partition coefficient (Wildman–Crippen LogP) is -0.228. The average molecular weight is 489 g/mol. The Balaban J connectivity index is 1.53. The normalized spacial score (nSPS) is 17.3. The van der Waals surface area contributed by atoms with E-state index in [1.807, 2.05) is 46.5 Å². The van der Waals surface area contributed by atoms with E-state index in [0.717, 1.165) is 58.2 Å². The van der Waals surface area contributed by atoms with Gasteiger partial charge in [-0.3, -0.25) is 10.9 Å². The Hall–Kier alpha value is -4.02. The van der Waals surface area contributed by atoms with Crippen LogP contribution in [0.4, 0.5) is 0 Å². The van der Waals surface area contributed by atoms with Crippen molar-refractivity contribution in [3.8, 4) is 0 Å². The predicted molar refractivity (Wildman–Crippen MR) is 144 cm³/mol. The number of morpholine rings is 2. The van der Waals surface area contributed by atoms with Crippen molar-refractivity contribution in [1.29, 1.82) is 0 Å². The highest BCUT2D eigenvalue weighted by molar-refractivity contribution is 6.00. The number of hydrazone groups is 2. The molecule has 2 heterocycles. The van der Waals surface area contributed by atoms with Crippen LogP contribution in [-0.4, -0.2) is 74.3 Å². The van der Waals surface area contributed by atoms with Crippen LogP contribution >= 0.6 is 0 Å². The fourth-order valence-electron chi connectivity index (χ4n) is 4.56. The van der Waals surface area contributed by atoms with Gasteiger partial charge in [-0.2, -0.15) is 0 Å². The lowest BCUT2D eigenvalue weighted by Gasteiger charge is -2.27. The summed E-state index contributed by atoms with van der Waals surface area (Å²) in [7, 11) is 0. The molecule has 5 rings (SSSR count). The van der Waals surface area contributed by atoms with Gasteiger partial charge < -0.3 is 30.7 Å². The summed E-state index contributed by atoms with van der Waals surface area (Å²) in [4.78, 5) is 4.01. The summed E-state index contributed by atoms with van der Waals surface area (Å²) in [5.74, 6) is 0.904. The number of ether oxygens (including phenoxy) is 2. The lowest BCUT2D eigenvalue weighted by molar-refractivity contribution is 0.0673. The average Bonchev–Trinajstić information content (AvgIpc) is 2.94. The second kappa shape index (κ2) is 11.1. The van der Waals surface area contributed by atoms with Gasteiger partial charge in [-0.15, -0.1) is 10.2 Å². The lowest BCUT2D eigenvalue weighted by atomic mass is 9.98. The van der Waals surface area contributed by atoms with Crippen LogP contribution in [0.15, 0.2) is 58.7 Å². The Kier molecular flexibility index (Phi) is 7.34. The largest absolute Gasteiger partial charge is 0.378 e. The highest BCUT2D eigenvalue weighted by Gasteiger charge is 2.13. The van der Waals surface area contributed by atoms with Gasteiger partial charge in [0.15, 0.2) is 0 Å². The zero-order chi connectivity index (χ0) is 24.7. The highest BCUT2D eigenvalue weighted by Crippen LogP contribution is 2.13. The molecule has 6 N–H and O–H groups in total. The van der Waals surface area contributed by atoms with Crippen molar-refractivity contribution >= 4 is 45.9 Å². The van der Waals surface area contributed by atoms with Crippen molar-refractivity contribution in [2.24, 2.45) is 21.7 Å². The molecule has 2 saturated heterocycles. The van der Waals surface area contributed by atoms with Gasteiger partial charge in [0.05, 0.1) is 26.4 Å². The van der Waals surface area contributed by atoms with Crippen LogP contribution in [0.5, 0.6) is 0 Å². The van der Waals surface area contributed by atoms with Crippen molar-refractivity contribution in [3.05, 3.63) is 59.0 Å². The number of guanidine groups is 2. The minimum absolute atomic E-state index is 0.452. The molecule has 0 amide bonds. The Bertz CT molecular complexity index is 1220. The lowest BCUT2D eigenvalue weighted by Crippen LogP contribution is -2.45. The molecule has 2 aliphatic heterocycles. The number of nitrogens with one attached hydrogen (secondary N) is 2. The minimum atomic E-state index is 0.452. The molecule has 0 aliphatic carbocycles.